The molecule has 0 aliphatic carbocycles. The van der Waals surface area contributed by atoms with Crippen molar-refractivity contribution in [2.75, 3.05) is 4.90 Å². The third-order valence-electron chi connectivity index (χ3n) is 9.43. The van der Waals surface area contributed by atoms with E-state index in [9.17, 15) is 9.59 Å². The molecule has 220 valence electrons. The van der Waals surface area contributed by atoms with Gasteiger partial charge in [0.15, 0.2) is 12.1 Å². The summed E-state index contributed by atoms with van der Waals surface area (Å²) in [5, 5.41) is 6.59. The summed E-state index contributed by atoms with van der Waals surface area (Å²) in [6.45, 7) is 4.62. The molecular weight excluding hydrogens is 562 g/mol. The van der Waals surface area contributed by atoms with Gasteiger partial charge < -0.3 is 4.90 Å². The van der Waals surface area contributed by atoms with Gasteiger partial charge in [-0.25, -0.2) is 0 Å². The van der Waals surface area contributed by atoms with Gasteiger partial charge in [0.2, 0.25) is 0 Å². The summed E-state index contributed by atoms with van der Waals surface area (Å²) in [5.41, 5.74) is 7.53. The number of rotatable bonds is 5. The van der Waals surface area contributed by atoms with E-state index in [-0.39, 0.29) is 11.2 Å². The number of hydrogen-bond donors (Lipinski definition) is 0. The normalized spacial score (nSPS) is 13.7. The Morgan fingerprint density at radius 3 is 2.09 bits per heavy atom. The summed E-state index contributed by atoms with van der Waals surface area (Å²) in [4.78, 5) is 27.5. The molecule has 7 aromatic rings. The molecule has 0 saturated carbocycles. The van der Waals surface area contributed by atoms with Crippen molar-refractivity contribution in [1.82, 2.24) is 0 Å². The molecule has 0 atom stereocenters. The van der Waals surface area contributed by atoms with Crippen LogP contribution in [0.1, 0.15) is 51.3 Å². The molecule has 1 heterocycles. The lowest BCUT2D eigenvalue weighted by Crippen LogP contribution is -2.30. The molecule has 0 amide bonds. The Morgan fingerprint density at radius 2 is 1.30 bits per heavy atom. The number of aldehydes is 1. The number of para-hydroxylation sites is 1. The lowest BCUT2D eigenvalue weighted by molar-refractivity contribution is 0.103. The third-order valence-corrected chi connectivity index (χ3v) is 9.43. The van der Waals surface area contributed by atoms with Crippen LogP contribution in [0.4, 0.5) is 17.1 Å². The topological polar surface area (TPSA) is 37.4 Å². The molecule has 0 aromatic heterocycles. The second kappa shape index (κ2) is 10.7. The Bertz CT molecular complexity index is 2400. The highest BCUT2D eigenvalue weighted by Gasteiger charge is 2.38. The minimum absolute atomic E-state index is 0.192. The Balaban J connectivity index is 1.22. The van der Waals surface area contributed by atoms with E-state index >= 15 is 0 Å². The predicted molar refractivity (Wildman–Crippen MR) is 191 cm³/mol. The van der Waals surface area contributed by atoms with E-state index in [1.807, 2.05) is 30.3 Å². The molecule has 0 N–H and O–H groups in total. The van der Waals surface area contributed by atoms with Crippen LogP contribution in [0.25, 0.3) is 38.4 Å². The highest BCUT2D eigenvalue weighted by Crippen LogP contribution is 2.54. The van der Waals surface area contributed by atoms with Gasteiger partial charge in [-0.15, -0.1) is 0 Å². The molecule has 46 heavy (non-hydrogen) atoms. The summed E-state index contributed by atoms with van der Waals surface area (Å²) < 4.78 is 0. The molecule has 0 unspecified atom stereocenters. The number of fused-ring (bicyclic) bond motifs is 6. The number of hydrogen-bond acceptors (Lipinski definition) is 3. The summed E-state index contributed by atoms with van der Waals surface area (Å²) in [5.74, 6) is -0.192. The van der Waals surface area contributed by atoms with Crippen LogP contribution in [0.3, 0.4) is 0 Å². The number of carbonyl (C=O) groups excluding carboxylic acids is 2. The molecule has 0 bridgehead atoms. The zero-order valence-electron chi connectivity index (χ0n) is 25.7. The highest BCUT2D eigenvalue weighted by molar-refractivity contribution is 6.13. The zero-order valence-corrected chi connectivity index (χ0v) is 25.7. The quantitative estimate of drug-likeness (QED) is 0.113. The van der Waals surface area contributed by atoms with Gasteiger partial charge in [0.05, 0.1) is 11.4 Å². The second-order valence-electron chi connectivity index (χ2n) is 12.6. The Morgan fingerprint density at radius 1 is 0.630 bits per heavy atom. The summed E-state index contributed by atoms with van der Waals surface area (Å²) in [6.07, 6.45) is 4.17. The van der Waals surface area contributed by atoms with Crippen molar-refractivity contribution >= 4 is 67.5 Å². The average molecular weight is 594 g/mol. The van der Waals surface area contributed by atoms with Crippen molar-refractivity contribution in [3.8, 4) is 0 Å². The van der Waals surface area contributed by atoms with Crippen LogP contribution in [0.5, 0.6) is 0 Å². The van der Waals surface area contributed by atoms with E-state index in [4.69, 9.17) is 0 Å². The van der Waals surface area contributed by atoms with E-state index in [0.29, 0.717) is 11.1 Å². The fourth-order valence-electron chi connectivity index (χ4n) is 7.17. The lowest BCUT2D eigenvalue weighted by Gasteiger charge is -2.42. The van der Waals surface area contributed by atoms with Gasteiger partial charge in [0.25, 0.3) is 0 Å². The number of benzene rings is 7. The molecule has 8 rings (SSSR count). The monoisotopic (exact) mass is 593 g/mol. The second-order valence-corrected chi connectivity index (χ2v) is 12.6. The van der Waals surface area contributed by atoms with Crippen molar-refractivity contribution < 1.29 is 9.59 Å². The smallest absolute Gasteiger partial charge is 0.186 e. The summed E-state index contributed by atoms with van der Waals surface area (Å²) >= 11 is 0. The molecule has 1 aliphatic heterocycles. The molecule has 0 spiro atoms. The molecule has 0 radical (unpaired) electrons. The third kappa shape index (κ3) is 4.43. The van der Waals surface area contributed by atoms with Crippen LogP contribution >= 0.6 is 0 Å². The maximum atomic E-state index is 13.3. The Kier molecular flexibility index (Phi) is 6.43. The van der Waals surface area contributed by atoms with Gasteiger partial charge in [0, 0.05) is 22.2 Å². The van der Waals surface area contributed by atoms with E-state index in [0.717, 1.165) is 33.7 Å². The number of nitrogens with zero attached hydrogens (tertiary/aromatic N) is 1. The van der Waals surface area contributed by atoms with Crippen molar-refractivity contribution in [3.63, 3.8) is 0 Å². The van der Waals surface area contributed by atoms with Gasteiger partial charge in [-0.05, 0) is 97.5 Å². The largest absolute Gasteiger partial charge is 0.310 e. The molecule has 0 saturated heterocycles. The lowest BCUT2D eigenvalue weighted by atomic mass is 9.71. The van der Waals surface area contributed by atoms with Gasteiger partial charge in [-0.1, -0.05) is 111 Å². The van der Waals surface area contributed by atoms with Gasteiger partial charge in [0.1, 0.15) is 0 Å². The fourth-order valence-corrected chi connectivity index (χ4v) is 7.17. The van der Waals surface area contributed by atoms with Crippen molar-refractivity contribution in [1.29, 1.82) is 0 Å². The Hall–Kier alpha value is -5.80. The maximum absolute atomic E-state index is 13.3. The molecule has 3 nitrogen and oxygen atoms in total. The van der Waals surface area contributed by atoms with Crippen LogP contribution in [0.2, 0.25) is 0 Å². The first kappa shape index (κ1) is 27.7. The minimum atomic E-state index is -0.243. The van der Waals surface area contributed by atoms with Crippen LogP contribution in [-0.2, 0) is 5.41 Å². The summed E-state index contributed by atoms with van der Waals surface area (Å²) in [7, 11) is 0. The van der Waals surface area contributed by atoms with Gasteiger partial charge >= 0.3 is 0 Å². The first-order valence-corrected chi connectivity index (χ1v) is 15.6. The van der Waals surface area contributed by atoms with E-state index in [2.05, 4.69) is 116 Å². The van der Waals surface area contributed by atoms with Gasteiger partial charge in [-0.3, -0.25) is 9.59 Å². The van der Waals surface area contributed by atoms with Crippen molar-refractivity contribution in [2.24, 2.45) is 0 Å². The van der Waals surface area contributed by atoms with E-state index < -0.39 is 0 Å². The average Bonchev–Trinajstić information content (AvgIpc) is 3.09. The zero-order chi connectivity index (χ0) is 31.4. The molecule has 7 aromatic carbocycles. The number of anilines is 3. The van der Waals surface area contributed by atoms with E-state index in [1.165, 1.54) is 38.7 Å². The SMILES string of the molecule is CC1(C)c2ccccc2N(c2ccc3ccccc3c2)c2ccc3cc(/C=C\C(=O)c4cc5ccccc5cc4C=O)ccc3c21. The first-order valence-electron chi connectivity index (χ1n) is 15.6. The molecular formula is C43H31NO2. The van der Waals surface area contributed by atoms with Crippen molar-refractivity contribution in [2.45, 2.75) is 19.3 Å². The van der Waals surface area contributed by atoms with Crippen LogP contribution in [-0.4, -0.2) is 12.1 Å². The van der Waals surface area contributed by atoms with Gasteiger partial charge in [-0.2, -0.15) is 0 Å². The highest BCUT2D eigenvalue weighted by atomic mass is 16.1. The molecule has 3 heteroatoms. The minimum Gasteiger partial charge on any atom is -0.310 e. The van der Waals surface area contributed by atoms with Crippen LogP contribution in [0, 0.1) is 0 Å². The summed E-state index contributed by atoms with van der Waals surface area (Å²) in [6, 6.07) is 46.0. The number of carbonyl (C=O) groups is 2. The fraction of sp³-hybridized carbons (Fsp3) is 0.0698. The Labute approximate surface area is 268 Å². The van der Waals surface area contributed by atoms with Crippen LogP contribution in [0.15, 0.2) is 140 Å². The number of allylic oxidation sites excluding steroid dienone is 1. The van der Waals surface area contributed by atoms with Crippen LogP contribution < -0.4 is 4.90 Å². The first-order chi connectivity index (χ1) is 22.4. The van der Waals surface area contributed by atoms with E-state index in [1.54, 1.807) is 18.2 Å². The standard InChI is InChI=1S/C43H31NO2/c1-43(2)38-13-7-8-14-39(38)44(35-19-17-29-9-3-4-11-31(29)25-35)40-21-18-33-23-28(15-20-36(33)42(40)43)16-22-41(46)37-26-32-12-6-5-10-30(32)24-34(37)27-45/h3-27H,1-2H3/b22-16-. The van der Waals surface area contributed by atoms with Crippen molar-refractivity contribution in [3.05, 3.63) is 167 Å². The maximum Gasteiger partial charge on any atom is 0.186 e. The molecule has 1 aliphatic rings. The number of ketones is 1. The predicted octanol–water partition coefficient (Wildman–Crippen LogP) is 11.0. The molecule has 0 fully saturated rings.